The smallest absolute Gasteiger partial charge is 0.357 e. The summed E-state index contributed by atoms with van der Waals surface area (Å²) >= 11 is 0. The van der Waals surface area contributed by atoms with Crippen molar-refractivity contribution in [1.29, 1.82) is 0 Å². The standard InChI is InChI=1S/C18H14N2O5/c1-25-15-9-5-4-8-13(15)14(21)10-20-17(22)12-7-3-2-6-11(12)16(19-20)18(23)24/h2-9H,10H2,1H3,(H,23,24). The molecule has 0 saturated heterocycles. The lowest BCUT2D eigenvalue weighted by molar-refractivity contribution is 0.0688. The molecular formula is C18H14N2O5. The maximum atomic E-state index is 12.5. The first-order chi connectivity index (χ1) is 12.0. The summed E-state index contributed by atoms with van der Waals surface area (Å²) in [6, 6.07) is 12.9. The van der Waals surface area contributed by atoms with Crippen LogP contribution < -0.4 is 10.3 Å². The number of carbonyl (C=O) groups excluding carboxylic acids is 1. The van der Waals surface area contributed by atoms with Crippen molar-refractivity contribution in [1.82, 2.24) is 9.78 Å². The predicted molar refractivity (Wildman–Crippen MR) is 90.3 cm³/mol. The minimum atomic E-state index is -1.27. The van der Waals surface area contributed by atoms with E-state index in [1.54, 1.807) is 36.4 Å². The lowest BCUT2D eigenvalue weighted by Gasteiger charge is -2.10. The second kappa shape index (κ2) is 6.56. The first-order valence-corrected chi connectivity index (χ1v) is 7.42. The third-order valence-corrected chi connectivity index (χ3v) is 3.77. The Morgan fingerprint density at radius 1 is 1.08 bits per heavy atom. The number of methoxy groups -OCH3 is 1. The molecule has 0 atom stereocenters. The number of benzene rings is 2. The highest BCUT2D eigenvalue weighted by Gasteiger charge is 2.18. The Morgan fingerprint density at radius 3 is 2.40 bits per heavy atom. The Balaban J connectivity index is 2.10. The van der Waals surface area contributed by atoms with Crippen molar-refractivity contribution < 1.29 is 19.4 Å². The molecule has 0 radical (unpaired) electrons. The van der Waals surface area contributed by atoms with E-state index in [2.05, 4.69) is 5.10 Å². The molecule has 0 bridgehead atoms. The van der Waals surface area contributed by atoms with Crippen molar-refractivity contribution in [2.75, 3.05) is 7.11 Å². The zero-order chi connectivity index (χ0) is 18.0. The highest BCUT2D eigenvalue weighted by molar-refractivity contribution is 6.02. The van der Waals surface area contributed by atoms with Gasteiger partial charge in [-0.3, -0.25) is 9.59 Å². The fourth-order valence-electron chi connectivity index (χ4n) is 2.60. The largest absolute Gasteiger partial charge is 0.496 e. The van der Waals surface area contributed by atoms with E-state index in [9.17, 15) is 19.5 Å². The fraction of sp³-hybridized carbons (Fsp3) is 0.111. The molecule has 0 unspecified atom stereocenters. The third kappa shape index (κ3) is 2.99. The minimum absolute atomic E-state index is 0.197. The van der Waals surface area contributed by atoms with Crippen LogP contribution in [0.4, 0.5) is 0 Å². The number of rotatable bonds is 5. The first kappa shape index (κ1) is 16.4. The average molecular weight is 338 g/mol. The molecule has 1 N–H and O–H groups in total. The number of hydrogen-bond acceptors (Lipinski definition) is 5. The zero-order valence-electron chi connectivity index (χ0n) is 13.3. The van der Waals surface area contributed by atoms with Gasteiger partial charge in [-0.2, -0.15) is 5.10 Å². The number of Topliss-reactive ketones (excluding diaryl/α,β-unsaturated/α-hetero) is 1. The van der Waals surface area contributed by atoms with Crippen LogP contribution in [0.1, 0.15) is 20.8 Å². The lowest BCUT2D eigenvalue weighted by Crippen LogP contribution is -2.29. The molecule has 0 spiro atoms. The van der Waals surface area contributed by atoms with Gasteiger partial charge in [0.15, 0.2) is 11.5 Å². The number of fused-ring (bicyclic) bond motifs is 1. The maximum absolute atomic E-state index is 12.5. The summed E-state index contributed by atoms with van der Waals surface area (Å²) in [7, 11) is 1.44. The van der Waals surface area contributed by atoms with E-state index in [0.29, 0.717) is 11.3 Å². The Kier molecular flexibility index (Phi) is 4.30. The zero-order valence-corrected chi connectivity index (χ0v) is 13.3. The number of carboxylic acid groups (broad SMARTS) is 1. The van der Waals surface area contributed by atoms with Crippen molar-refractivity contribution >= 4 is 22.5 Å². The van der Waals surface area contributed by atoms with E-state index in [0.717, 1.165) is 4.68 Å². The minimum Gasteiger partial charge on any atom is -0.496 e. The second-order valence-corrected chi connectivity index (χ2v) is 5.29. The summed E-state index contributed by atoms with van der Waals surface area (Å²) in [4.78, 5) is 36.5. The number of carbonyl (C=O) groups is 2. The first-order valence-electron chi connectivity index (χ1n) is 7.42. The summed E-state index contributed by atoms with van der Waals surface area (Å²) < 4.78 is 6.02. The van der Waals surface area contributed by atoms with Gasteiger partial charge in [0.2, 0.25) is 0 Å². The van der Waals surface area contributed by atoms with Gasteiger partial charge in [0.1, 0.15) is 12.3 Å². The monoisotopic (exact) mass is 338 g/mol. The van der Waals surface area contributed by atoms with Crippen LogP contribution in [-0.4, -0.2) is 33.7 Å². The number of hydrogen-bond donors (Lipinski definition) is 1. The molecule has 3 rings (SSSR count). The summed E-state index contributed by atoms with van der Waals surface area (Å²) in [5.41, 5.74) is -0.504. The van der Waals surface area contributed by atoms with Crippen molar-refractivity contribution in [3.63, 3.8) is 0 Å². The van der Waals surface area contributed by atoms with Crippen LogP contribution in [0.25, 0.3) is 10.8 Å². The third-order valence-electron chi connectivity index (χ3n) is 3.77. The van der Waals surface area contributed by atoms with Gasteiger partial charge in [-0.1, -0.05) is 30.3 Å². The Morgan fingerprint density at radius 2 is 1.72 bits per heavy atom. The Labute approximate surface area is 142 Å². The molecule has 0 aliphatic rings. The summed E-state index contributed by atoms with van der Waals surface area (Å²) in [6.45, 7) is -0.385. The van der Waals surface area contributed by atoms with Crippen LogP contribution in [0.15, 0.2) is 53.3 Å². The van der Waals surface area contributed by atoms with Crippen LogP contribution in [-0.2, 0) is 6.54 Å². The van der Waals surface area contributed by atoms with E-state index < -0.39 is 17.3 Å². The predicted octanol–water partition coefficient (Wildman–Crippen LogP) is 1.99. The van der Waals surface area contributed by atoms with Crippen LogP contribution in [0.5, 0.6) is 5.75 Å². The van der Waals surface area contributed by atoms with Gasteiger partial charge in [0.05, 0.1) is 18.1 Å². The molecule has 1 aromatic heterocycles. The Bertz CT molecular complexity index is 1040. The van der Waals surface area contributed by atoms with E-state index in [4.69, 9.17) is 4.74 Å². The van der Waals surface area contributed by atoms with Gasteiger partial charge in [0, 0.05) is 5.39 Å². The molecule has 7 heteroatoms. The molecule has 0 amide bonds. The van der Waals surface area contributed by atoms with Crippen molar-refractivity contribution in [2.45, 2.75) is 6.54 Å². The van der Waals surface area contributed by atoms with E-state index in [1.165, 1.54) is 19.2 Å². The molecule has 126 valence electrons. The number of ketones is 1. The van der Waals surface area contributed by atoms with E-state index in [-0.39, 0.29) is 23.0 Å². The van der Waals surface area contributed by atoms with Gasteiger partial charge < -0.3 is 9.84 Å². The number of para-hydroxylation sites is 1. The van der Waals surface area contributed by atoms with Gasteiger partial charge in [-0.05, 0) is 18.2 Å². The summed E-state index contributed by atoms with van der Waals surface area (Å²) in [5, 5.41) is 13.6. The average Bonchev–Trinajstić information content (AvgIpc) is 2.63. The van der Waals surface area contributed by atoms with Crippen LogP contribution >= 0.6 is 0 Å². The molecule has 7 nitrogen and oxygen atoms in total. The number of aromatic carboxylic acids is 1. The molecule has 3 aromatic rings. The number of nitrogens with zero attached hydrogens (tertiary/aromatic N) is 2. The highest BCUT2D eigenvalue weighted by Crippen LogP contribution is 2.19. The summed E-state index contributed by atoms with van der Waals surface area (Å²) in [5.74, 6) is -1.30. The topological polar surface area (TPSA) is 98.5 Å². The molecule has 0 saturated carbocycles. The lowest BCUT2D eigenvalue weighted by atomic mass is 10.1. The highest BCUT2D eigenvalue weighted by atomic mass is 16.5. The molecule has 1 heterocycles. The number of aromatic nitrogens is 2. The second-order valence-electron chi connectivity index (χ2n) is 5.29. The van der Waals surface area contributed by atoms with Crippen LogP contribution in [0.3, 0.4) is 0 Å². The van der Waals surface area contributed by atoms with Crippen molar-refractivity contribution in [3.8, 4) is 5.75 Å². The summed E-state index contributed by atoms with van der Waals surface area (Å²) in [6.07, 6.45) is 0. The van der Waals surface area contributed by atoms with Gasteiger partial charge in [-0.15, -0.1) is 0 Å². The molecule has 0 fully saturated rings. The van der Waals surface area contributed by atoms with Gasteiger partial charge in [-0.25, -0.2) is 9.48 Å². The number of carboxylic acids is 1. The van der Waals surface area contributed by atoms with Crippen molar-refractivity contribution in [2.24, 2.45) is 0 Å². The fourth-order valence-corrected chi connectivity index (χ4v) is 2.60. The normalized spacial score (nSPS) is 10.6. The molecule has 0 aliphatic heterocycles. The van der Waals surface area contributed by atoms with E-state index in [1.807, 2.05) is 0 Å². The Hall–Kier alpha value is -3.48. The SMILES string of the molecule is COc1ccccc1C(=O)Cn1nc(C(=O)O)c2ccccc2c1=O. The molecule has 0 aliphatic carbocycles. The van der Waals surface area contributed by atoms with Gasteiger partial charge >= 0.3 is 5.97 Å². The quantitative estimate of drug-likeness (QED) is 0.714. The van der Waals surface area contributed by atoms with Gasteiger partial charge in [0.25, 0.3) is 5.56 Å². The maximum Gasteiger partial charge on any atom is 0.357 e. The number of ether oxygens (including phenoxy) is 1. The molecule has 25 heavy (non-hydrogen) atoms. The van der Waals surface area contributed by atoms with Crippen molar-refractivity contribution in [3.05, 3.63) is 70.1 Å². The van der Waals surface area contributed by atoms with Crippen LogP contribution in [0, 0.1) is 0 Å². The molecular weight excluding hydrogens is 324 g/mol. The molecule has 2 aromatic carbocycles. The van der Waals surface area contributed by atoms with E-state index >= 15 is 0 Å². The van der Waals surface area contributed by atoms with Crippen LogP contribution in [0.2, 0.25) is 0 Å².